The van der Waals surface area contributed by atoms with E-state index in [1.54, 1.807) is 18.3 Å². The van der Waals surface area contributed by atoms with E-state index in [2.05, 4.69) is 27.2 Å². The van der Waals surface area contributed by atoms with E-state index in [0.29, 0.717) is 18.8 Å². The number of benzene rings is 2. The van der Waals surface area contributed by atoms with Crippen molar-refractivity contribution in [2.45, 2.75) is 39.5 Å². The number of carbonyl (C=O) groups is 2. The smallest absolute Gasteiger partial charge is 0.537 e. The lowest BCUT2D eigenvalue weighted by Crippen LogP contribution is -2.26. The van der Waals surface area contributed by atoms with Gasteiger partial charge in [0.15, 0.2) is 5.78 Å². The molecule has 175 valence electrons. The Kier molecular flexibility index (Phi) is 8.58. The maximum Gasteiger partial charge on any atom is 0.569 e. The molecule has 3 aromatic rings. The highest BCUT2D eigenvalue weighted by Crippen LogP contribution is 2.31. The van der Waals surface area contributed by atoms with Crippen molar-refractivity contribution < 1.29 is 37.2 Å². The van der Waals surface area contributed by atoms with Crippen LogP contribution in [0.3, 0.4) is 0 Å². The van der Waals surface area contributed by atoms with Crippen LogP contribution in [0.2, 0.25) is 0 Å². The summed E-state index contributed by atoms with van der Waals surface area (Å²) in [5, 5.41) is 9.12. The number of fused-ring (bicyclic) bond motifs is 1. The SMILES string of the molecule is CC(=O)c1ccc2c(I)cn(C(=O)OC(C)(C)C)c2c1.O[B]Oc1cccc(C(F)(F)F)c1. The molecular weight excluding hydrogens is 553 g/mol. The molecule has 0 spiro atoms. The van der Waals surface area contributed by atoms with Crippen molar-refractivity contribution in [2.24, 2.45) is 0 Å². The predicted octanol–water partition coefficient (Wildman–Crippen LogP) is 5.84. The molecule has 0 saturated carbocycles. The Labute approximate surface area is 203 Å². The van der Waals surface area contributed by atoms with Crippen molar-refractivity contribution >= 4 is 53.1 Å². The van der Waals surface area contributed by atoms with Crippen molar-refractivity contribution in [3.05, 3.63) is 63.4 Å². The number of hydrogen-bond donors (Lipinski definition) is 1. The molecule has 1 aromatic heterocycles. The number of alkyl halides is 3. The summed E-state index contributed by atoms with van der Waals surface area (Å²) in [7, 11) is 0.329. The topological polar surface area (TPSA) is 77.8 Å². The normalized spacial score (nSPS) is 11.4. The van der Waals surface area contributed by atoms with E-state index >= 15 is 0 Å². The fourth-order valence-corrected chi connectivity index (χ4v) is 3.41. The first kappa shape index (κ1) is 26.7. The second-order valence-electron chi connectivity index (χ2n) is 7.86. The van der Waals surface area contributed by atoms with Crippen LogP contribution in [0.1, 0.15) is 43.6 Å². The van der Waals surface area contributed by atoms with Crippen LogP contribution in [0.15, 0.2) is 48.7 Å². The molecule has 1 heterocycles. The first-order valence-electron chi connectivity index (χ1n) is 9.57. The average molecular weight is 574 g/mol. The summed E-state index contributed by atoms with van der Waals surface area (Å²) in [6.07, 6.45) is -3.11. The zero-order valence-electron chi connectivity index (χ0n) is 18.2. The molecule has 0 aliphatic carbocycles. The van der Waals surface area contributed by atoms with Crippen LogP contribution in [0.25, 0.3) is 10.9 Å². The van der Waals surface area contributed by atoms with Gasteiger partial charge in [0, 0.05) is 20.7 Å². The van der Waals surface area contributed by atoms with Gasteiger partial charge in [0.2, 0.25) is 0 Å². The van der Waals surface area contributed by atoms with Crippen LogP contribution in [0.5, 0.6) is 5.75 Å². The van der Waals surface area contributed by atoms with Gasteiger partial charge in [-0.25, -0.2) is 4.79 Å². The Morgan fingerprint density at radius 1 is 1.09 bits per heavy atom. The highest BCUT2D eigenvalue weighted by molar-refractivity contribution is 14.1. The number of nitrogens with zero attached hydrogens (tertiary/aromatic N) is 1. The molecule has 11 heteroatoms. The van der Waals surface area contributed by atoms with Gasteiger partial charge in [-0.15, -0.1) is 0 Å². The Bertz CT molecular complexity index is 1160. The minimum Gasteiger partial charge on any atom is -0.537 e. The van der Waals surface area contributed by atoms with E-state index in [4.69, 9.17) is 9.76 Å². The summed E-state index contributed by atoms with van der Waals surface area (Å²) < 4.78 is 48.4. The molecule has 6 nitrogen and oxygen atoms in total. The third-order valence-electron chi connectivity index (χ3n) is 4.10. The van der Waals surface area contributed by atoms with Gasteiger partial charge < -0.3 is 14.4 Å². The summed E-state index contributed by atoms with van der Waals surface area (Å²) in [6.45, 7) is 6.97. The first-order valence-corrected chi connectivity index (χ1v) is 10.7. The Morgan fingerprint density at radius 2 is 1.76 bits per heavy atom. The van der Waals surface area contributed by atoms with Crippen molar-refractivity contribution in [3.8, 4) is 5.75 Å². The lowest BCUT2D eigenvalue weighted by atomic mass is 10.1. The molecule has 0 aliphatic heterocycles. The van der Waals surface area contributed by atoms with Crippen molar-refractivity contribution in [2.75, 3.05) is 0 Å². The standard InChI is InChI=1S/C15H16INO3.C7H5BF3O2/c1-9(18)10-5-6-11-12(16)8-17(13(11)7-10)14(19)20-15(2,3)4;9-7(10,11)5-2-1-3-6(4-5)13-8-12/h5-8H,1-4H3;1-4,12H. The molecule has 0 amide bonds. The van der Waals surface area contributed by atoms with E-state index in [1.807, 2.05) is 26.8 Å². The minimum atomic E-state index is -4.39. The van der Waals surface area contributed by atoms with Crippen molar-refractivity contribution in [1.82, 2.24) is 4.57 Å². The van der Waals surface area contributed by atoms with E-state index in [0.717, 1.165) is 21.1 Å². The highest BCUT2D eigenvalue weighted by Gasteiger charge is 2.30. The van der Waals surface area contributed by atoms with Gasteiger partial charge in [-0.2, -0.15) is 13.2 Å². The van der Waals surface area contributed by atoms with Crippen molar-refractivity contribution in [1.29, 1.82) is 0 Å². The average Bonchev–Trinajstić information content (AvgIpc) is 3.03. The molecule has 0 bridgehead atoms. The molecule has 33 heavy (non-hydrogen) atoms. The molecule has 2 aromatic carbocycles. The predicted molar refractivity (Wildman–Crippen MR) is 126 cm³/mol. The van der Waals surface area contributed by atoms with Crippen LogP contribution >= 0.6 is 22.6 Å². The number of hydrogen-bond acceptors (Lipinski definition) is 5. The second kappa shape index (κ2) is 10.6. The van der Waals surface area contributed by atoms with Gasteiger partial charge in [-0.05, 0) is 74.6 Å². The van der Waals surface area contributed by atoms with E-state index in [1.165, 1.54) is 23.6 Å². The summed E-state index contributed by atoms with van der Waals surface area (Å²) in [4.78, 5) is 23.7. The summed E-state index contributed by atoms with van der Waals surface area (Å²) in [5.74, 6) is -0.0869. The summed E-state index contributed by atoms with van der Waals surface area (Å²) in [6, 6.07) is 9.57. The van der Waals surface area contributed by atoms with Gasteiger partial charge >= 0.3 is 20.0 Å². The van der Waals surface area contributed by atoms with Crippen LogP contribution < -0.4 is 4.65 Å². The summed E-state index contributed by atoms with van der Waals surface area (Å²) >= 11 is 2.17. The van der Waals surface area contributed by atoms with Gasteiger partial charge in [0.1, 0.15) is 11.4 Å². The fourth-order valence-electron chi connectivity index (χ4n) is 2.67. The fraction of sp³-hybridized carbons (Fsp3) is 0.273. The maximum absolute atomic E-state index is 12.2. The van der Waals surface area contributed by atoms with Crippen LogP contribution in [0, 0.1) is 3.57 Å². The molecule has 0 fully saturated rings. The Hall–Kier alpha value is -2.54. The number of rotatable bonds is 3. The van der Waals surface area contributed by atoms with E-state index in [9.17, 15) is 22.8 Å². The molecule has 0 unspecified atom stereocenters. The number of aromatic nitrogens is 1. The molecule has 0 aliphatic rings. The zero-order valence-corrected chi connectivity index (χ0v) is 20.4. The number of carbonyl (C=O) groups excluding carboxylic acids is 2. The van der Waals surface area contributed by atoms with Crippen molar-refractivity contribution in [3.63, 3.8) is 0 Å². The molecule has 0 saturated heterocycles. The second-order valence-corrected chi connectivity index (χ2v) is 9.03. The van der Waals surface area contributed by atoms with Crippen LogP contribution in [0.4, 0.5) is 18.0 Å². The van der Waals surface area contributed by atoms with Gasteiger partial charge in [0.25, 0.3) is 0 Å². The Morgan fingerprint density at radius 3 is 2.30 bits per heavy atom. The number of Topliss-reactive ketones (excluding diaryl/α,β-unsaturated/α-hetero) is 1. The van der Waals surface area contributed by atoms with Crippen LogP contribution in [-0.2, 0) is 10.9 Å². The quantitative estimate of drug-likeness (QED) is 0.242. The molecule has 1 N–H and O–H groups in total. The number of halogens is 4. The van der Waals surface area contributed by atoms with Crippen LogP contribution in [-0.4, -0.2) is 34.8 Å². The summed E-state index contributed by atoms with van der Waals surface area (Å²) in [5.41, 5.74) is -0.0999. The number of ether oxygens (including phenoxy) is 1. The van der Waals surface area contributed by atoms with E-state index in [-0.39, 0.29) is 11.5 Å². The first-order chi connectivity index (χ1) is 15.2. The molecule has 1 radical (unpaired) electrons. The third-order valence-corrected chi connectivity index (χ3v) is 4.96. The molecular formula is C22H21BF3INO5. The van der Waals surface area contributed by atoms with Gasteiger partial charge in [-0.3, -0.25) is 9.36 Å². The van der Waals surface area contributed by atoms with Gasteiger partial charge in [0.05, 0.1) is 11.1 Å². The Balaban J connectivity index is 0.000000257. The largest absolute Gasteiger partial charge is 0.569 e. The molecule has 3 rings (SSSR count). The number of ketones is 1. The lowest BCUT2D eigenvalue weighted by molar-refractivity contribution is -0.137. The zero-order chi connectivity index (χ0) is 25.0. The minimum absolute atomic E-state index is 0.0288. The monoisotopic (exact) mass is 574 g/mol. The highest BCUT2D eigenvalue weighted by atomic mass is 127. The van der Waals surface area contributed by atoms with Gasteiger partial charge in [-0.1, -0.05) is 18.2 Å². The van der Waals surface area contributed by atoms with E-state index < -0.39 is 23.4 Å². The maximum atomic E-state index is 12.2. The third kappa shape index (κ3) is 7.49. The molecule has 0 atom stereocenters. The lowest BCUT2D eigenvalue weighted by Gasteiger charge is -2.19.